The number of halogens is 6. The van der Waals surface area contributed by atoms with Gasteiger partial charge in [-0.2, -0.15) is 26.3 Å². The molecule has 134 valence electrons. The van der Waals surface area contributed by atoms with Crippen molar-refractivity contribution in [2.75, 3.05) is 0 Å². The lowest BCUT2D eigenvalue weighted by Gasteiger charge is -2.20. The molecule has 0 aliphatic carbocycles. The lowest BCUT2D eigenvalue weighted by molar-refractivity contribution is -0.139. The van der Waals surface area contributed by atoms with Crippen molar-refractivity contribution in [3.63, 3.8) is 0 Å². The number of carbonyl (C=O) groups excluding carboxylic acids is 1. The molecule has 0 heterocycles. The third kappa shape index (κ3) is 4.52. The van der Waals surface area contributed by atoms with E-state index in [0.29, 0.717) is 12.1 Å². The molecule has 0 spiro atoms. The average molecular weight is 362 g/mol. The fourth-order valence-electron chi connectivity index (χ4n) is 2.30. The number of aldehydes is 1. The van der Waals surface area contributed by atoms with Gasteiger partial charge in [-0.25, -0.2) is 0 Å². The van der Waals surface area contributed by atoms with Gasteiger partial charge >= 0.3 is 12.4 Å². The molecule has 25 heavy (non-hydrogen) atoms. The summed E-state index contributed by atoms with van der Waals surface area (Å²) in [5.74, 6) is -0.346. The molecule has 2 rings (SSSR count). The zero-order valence-electron chi connectivity index (χ0n) is 12.8. The fourth-order valence-corrected chi connectivity index (χ4v) is 2.30. The highest BCUT2D eigenvalue weighted by Crippen LogP contribution is 2.37. The van der Waals surface area contributed by atoms with Crippen LogP contribution in [0.25, 0.3) is 0 Å². The maximum atomic E-state index is 13.0. The van der Waals surface area contributed by atoms with Gasteiger partial charge in [0.05, 0.1) is 11.1 Å². The summed E-state index contributed by atoms with van der Waals surface area (Å²) in [5, 5.41) is 0. The summed E-state index contributed by atoms with van der Waals surface area (Å²) >= 11 is 0. The molecule has 0 aromatic heterocycles. The summed E-state index contributed by atoms with van der Waals surface area (Å²) in [7, 11) is 0. The Morgan fingerprint density at radius 1 is 0.960 bits per heavy atom. The van der Waals surface area contributed by atoms with Crippen LogP contribution in [0.4, 0.5) is 26.3 Å². The quantitative estimate of drug-likeness (QED) is 0.517. The van der Waals surface area contributed by atoms with Crippen LogP contribution in [0.15, 0.2) is 42.5 Å². The Morgan fingerprint density at radius 2 is 1.60 bits per heavy atom. The molecular formula is C17H12F6O2. The molecule has 0 saturated heterocycles. The largest absolute Gasteiger partial charge is 0.486 e. The number of benzene rings is 2. The van der Waals surface area contributed by atoms with Crippen molar-refractivity contribution in [2.24, 2.45) is 0 Å². The van der Waals surface area contributed by atoms with E-state index in [-0.39, 0.29) is 23.2 Å². The molecular weight excluding hydrogens is 350 g/mol. The number of hydrogen-bond acceptors (Lipinski definition) is 2. The Labute approximate surface area is 139 Å². The first-order chi connectivity index (χ1) is 11.5. The number of alkyl halides is 6. The van der Waals surface area contributed by atoms with Gasteiger partial charge in [-0.05, 0) is 31.2 Å². The number of ether oxygens (including phenoxy) is 1. The van der Waals surface area contributed by atoms with E-state index in [2.05, 4.69) is 0 Å². The van der Waals surface area contributed by atoms with Gasteiger partial charge in [-0.3, -0.25) is 4.79 Å². The first-order valence-electron chi connectivity index (χ1n) is 7.02. The molecule has 2 aromatic rings. The highest BCUT2D eigenvalue weighted by Gasteiger charge is 2.35. The first kappa shape index (κ1) is 18.8. The van der Waals surface area contributed by atoms with Crippen LogP contribution < -0.4 is 4.74 Å². The Kier molecular flexibility index (Phi) is 5.10. The van der Waals surface area contributed by atoms with E-state index in [1.807, 2.05) is 0 Å². The molecule has 0 saturated carbocycles. The van der Waals surface area contributed by atoms with Gasteiger partial charge in [-0.15, -0.1) is 0 Å². The van der Waals surface area contributed by atoms with E-state index in [4.69, 9.17) is 4.74 Å². The molecule has 0 aliphatic heterocycles. The Balaban J connectivity index is 2.39. The van der Waals surface area contributed by atoms with E-state index < -0.39 is 29.6 Å². The molecule has 2 nitrogen and oxygen atoms in total. The standard InChI is InChI=1S/C17H12F6O2/c1-10(14-4-2-3-5-15(14)17(21,22)23)25-13-7-11(9-24)6-12(8-13)16(18,19)20/h2-10H,1H3. The van der Waals surface area contributed by atoms with Crippen LogP contribution in [0.2, 0.25) is 0 Å². The molecule has 2 aromatic carbocycles. The van der Waals surface area contributed by atoms with E-state index in [1.165, 1.54) is 25.1 Å². The second kappa shape index (κ2) is 6.78. The normalized spacial score (nSPS) is 13.4. The second-order valence-electron chi connectivity index (χ2n) is 5.25. The maximum absolute atomic E-state index is 13.0. The van der Waals surface area contributed by atoms with Crippen LogP contribution in [0.5, 0.6) is 5.75 Å². The van der Waals surface area contributed by atoms with Crippen LogP contribution in [-0.2, 0) is 12.4 Å². The average Bonchev–Trinajstić information content (AvgIpc) is 2.52. The van der Waals surface area contributed by atoms with Crippen LogP contribution in [0, 0.1) is 0 Å². The molecule has 0 bridgehead atoms. The summed E-state index contributed by atoms with van der Waals surface area (Å²) in [6, 6.07) is 6.92. The first-order valence-corrected chi connectivity index (χ1v) is 7.02. The van der Waals surface area contributed by atoms with E-state index in [0.717, 1.165) is 12.1 Å². The lowest BCUT2D eigenvalue weighted by atomic mass is 10.0. The van der Waals surface area contributed by atoms with Crippen molar-refractivity contribution in [1.29, 1.82) is 0 Å². The van der Waals surface area contributed by atoms with Crippen molar-refractivity contribution >= 4 is 6.29 Å². The Hall–Kier alpha value is -2.51. The van der Waals surface area contributed by atoms with Crippen LogP contribution in [0.1, 0.15) is 40.1 Å². The lowest BCUT2D eigenvalue weighted by Crippen LogP contribution is -2.14. The van der Waals surface area contributed by atoms with Crippen molar-refractivity contribution < 1.29 is 35.9 Å². The molecule has 0 amide bonds. The third-order valence-corrected chi connectivity index (χ3v) is 3.41. The van der Waals surface area contributed by atoms with Crippen LogP contribution >= 0.6 is 0 Å². The van der Waals surface area contributed by atoms with Crippen molar-refractivity contribution in [1.82, 2.24) is 0 Å². The smallest absolute Gasteiger partial charge is 0.416 e. The minimum atomic E-state index is -4.72. The topological polar surface area (TPSA) is 26.3 Å². The predicted octanol–water partition coefficient (Wildman–Crippen LogP) is 5.68. The molecule has 0 fully saturated rings. The zero-order valence-corrected chi connectivity index (χ0v) is 12.8. The zero-order chi connectivity index (χ0) is 18.8. The van der Waals surface area contributed by atoms with E-state index in [9.17, 15) is 31.1 Å². The summed E-state index contributed by atoms with van der Waals surface area (Å²) in [6.07, 6.45) is -10.3. The molecule has 1 unspecified atom stereocenters. The summed E-state index contributed by atoms with van der Waals surface area (Å²) < 4.78 is 82.9. The van der Waals surface area contributed by atoms with E-state index in [1.54, 1.807) is 0 Å². The van der Waals surface area contributed by atoms with Gasteiger partial charge in [0.25, 0.3) is 0 Å². The van der Waals surface area contributed by atoms with Gasteiger partial charge in [0.1, 0.15) is 18.1 Å². The molecule has 0 aliphatic rings. The minimum Gasteiger partial charge on any atom is -0.486 e. The number of rotatable bonds is 4. The summed E-state index contributed by atoms with van der Waals surface area (Å²) in [4.78, 5) is 10.8. The predicted molar refractivity (Wildman–Crippen MR) is 77.3 cm³/mol. The fraction of sp³-hybridized carbons (Fsp3) is 0.235. The molecule has 0 radical (unpaired) electrons. The maximum Gasteiger partial charge on any atom is 0.416 e. The van der Waals surface area contributed by atoms with Gasteiger partial charge in [0.15, 0.2) is 0 Å². The monoisotopic (exact) mass is 362 g/mol. The Morgan fingerprint density at radius 3 is 2.16 bits per heavy atom. The highest BCUT2D eigenvalue weighted by molar-refractivity contribution is 5.76. The van der Waals surface area contributed by atoms with E-state index >= 15 is 0 Å². The summed E-state index contributed by atoms with van der Waals surface area (Å²) in [5.41, 5.74) is -2.57. The SMILES string of the molecule is CC(Oc1cc(C=O)cc(C(F)(F)F)c1)c1ccccc1C(F)(F)F. The van der Waals surface area contributed by atoms with Crippen LogP contribution in [-0.4, -0.2) is 6.29 Å². The highest BCUT2D eigenvalue weighted by atomic mass is 19.4. The van der Waals surface area contributed by atoms with Crippen molar-refractivity contribution in [2.45, 2.75) is 25.4 Å². The van der Waals surface area contributed by atoms with Crippen molar-refractivity contribution in [3.05, 3.63) is 64.7 Å². The molecule has 1 atom stereocenters. The third-order valence-electron chi connectivity index (χ3n) is 3.41. The van der Waals surface area contributed by atoms with Gasteiger partial charge in [-0.1, -0.05) is 18.2 Å². The summed E-state index contributed by atoms with van der Waals surface area (Å²) in [6.45, 7) is 1.28. The second-order valence-corrected chi connectivity index (χ2v) is 5.25. The van der Waals surface area contributed by atoms with Gasteiger partial charge in [0.2, 0.25) is 0 Å². The number of hydrogen-bond donors (Lipinski definition) is 0. The van der Waals surface area contributed by atoms with Gasteiger partial charge < -0.3 is 4.74 Å². The Bertz CT molecular complexity index is 764. The molecule has 0 N–H and O–H groups in total. The van der Waals surface area contributed by atoms with Crippen LogP contribution in [0.3, 0.4) is 0 Å². The van der Waals surface area contributed by atoms with Gasteiger partial charge in [0, 0.05) is 11.1 Å². The number of carbonyl (C=O) groups is 1. The molecule has 8 heteroatoms. The minimum absolute atomic E-state index is 0.205. The van der Waals surface area contributed by atoms with Crippen molar-refractivity contribution in [3.8, 4) is 5.75 Å².